The second kappa shape index (κ2) is 6.53. The molecule has 1 aliphatic carbocycles. The van der Waals surface area contributed by atoms with Gasteiger partial charge in [-0.2, -0.15) is 0 Å². The maximum atomic E-state index is 12.1. The topological polar surface area (TPSA) is 55.8 Å². The molecule has 106 valence electrons. The number of methoxy groups -OCH3 is 1. The Kier molecular flexibility index (Phi) is 5.60. The Morgan fingerprint density at radius 1 is 1.50 bits per heavy atom. The molecule has 0 spiro atoms. The molecule has 1 saturated carbocycles. The highest BCUT2D eigenvalue weighted by atomic mass is 16.5. The average Bonchev–Trinajstić information content (AvgIpc) is 2.28. The van der Waals surface area contributed by atoms with Gasteiger partial charge in [0.1, 0.15) is 0 Å². The van der Waals surface area contributed by atoms with Gasteiger partial charge in [-0.25, -0.2) is 0 Å². The summed E-state index contributed by atoms with van der Waals surface area (Å²) in [6.45, 7) is 6.05. The molecule has 0 amide bonds. The molecule has 18 heavy (non-hydrogen) atoms. The predicted molar refractivity (Wildman–Crippen MR) is 69.2 cm³/mol. The van der Waals surface area contributed by atoms with Gasteiger partial charge >= 0.3 is 5.97 Å². The van der Waals surface area contributed by atoms with Crippen molar-refractivity contribution in [1.29, 1.82) is 0 Å². The van der Waals surface area contributed by atoms with Crippen LogP contribution in [-0.2, 0) is 14.3 Å². The predicted octanol–water partition coefficient (Wildman–Crippen LogP) is 2.14. The van der Waals surface area contributed by atoms with Gasteiger partial charge in [-0.1, -0.05) is 13.8 Å². The molecule has 0 aromatic carbocycles. The molecule has 0 aromatic rings. The molecule has 1 rings (SSSR count). The van der Waals surface area contributed by atoms with Gasteiger partial charge in [-0.05, 0) is 32.1 Å². The quantitative estimate of drug-likeness (QED) is 0.768. The number of carbonyl (C=O) groups excluding carboxylic acids is 1. The highest BCUT2D eigenvalue weighted by Gasteiger charge is 2.47. The molecule has 3 atom stereocenters. The fourth-order valence-corrected chi connectivity index (χ4v) is 3.06. The van der Waals surface area contributed by atoms with Crippen molar-refractivity contribution < 1.29 is 19.4 Å². The number of hydrogen-bond donors (Lipinski definition) is 1. The van der Waals surface area contributed by atoms with E-state index in [2.05, 4.69) is 0 Å². The summed E-state index contributed by atoms with van der Waals surface area (Å²) in [4.78, 5) is 12.1. The van der Waals surface area contributed by atoms with Gasteiger partial charge in [0.05, 0.1) is 24.2 Å². The zero-order chi connectivity index (χ0) is 13.8. The van der Waals surface area contributed by atoms with Crippen molar-refractivity contribution in [3.8, 4) is 0 Å². The second-order valence-electron chi connectivity index (χ2n) is 5.53. The lowest BCUT2D eigenvalue weighted by molar-refractivity contribution is -0.169. The fraction of sp³-hybridized carbons (Fsp3) is 0.929. The molecule has 0 radical (unpaired) electrons. The van der Waals surface area contributed by atoms with Crippen LogP contribution in [0.25, 0.3) is 0 Å². The van der Waals surface area contributed by atoms with E-state index in [-0.39, 0.29) is 18.0 Å². The molecule has 0 saturated heterocycles. The molecule has 1 fully saturated rings. The van der Waals surface area contributed by atoms with Crippen molar-refractivity contribution in [2.75, 3.05) is 13.7 Å². The monoisotopic (exact) mass is 258 g/mol. The van der Waals surface area contributed by atoms with Gasteiger partial charge in [-0.3, -0.25) is 4.79 Å². The van der Waals surface area contributed by atoms with Gasteiger partial charge in [0.2, 0.25) is 0 Å². The Balaban J connectivity index is 2.85. The molecule has 1 aliphatic rings. The molecule has 1 N–H and O–H groups in total. The normalized spacial score (nSPS) is 30.2. The van der Waals surface area contributed by atoms with Crippen LogP contribution in [0.3, 0.4) is 0 Å². The molecule has 0 heterocycles. The Morgan fingerprint density at radius 3 is 2.67 bits per heavy atom. The number of ether oxygens (including phenoxy) is 2. The van der Waals surface area contributed by atoms with E-state index in [1.54, 1.807) is 14.0 Å². The number of aliphatic hydroxyl groups is 1. The minimum atomic E-state index is -0.987. The molecule has 3 unspecified atom stereocenters. The molecular formula is C14H26O4. The molecular weight excluding hydrogens is 232 g/mol. The Hall–Kier alpha value is -0.610. The summed E-state index contributed by atoms with van der Waals surface area (Å²) in [6.07, 6.45) is 3.04. The van der Waals surface area contributed by atoms with E-state index in [1.165, 1.54) is 0 Å². The van der Waals surface area contributed by atoms with Crippen molar-refractivity contribution in [3.05, 3.63) is 0 Å². The SMILES string of the molecule is CCOC(=O)C(C(C)C)C1(O)CCCC(OC)C1. The van der Waals surface area contributed by atoms with Crippen LogP contribution in [0.1, 0.15) is 46.5 Å². The Bertz CT molecular complexity index is 277. The van der Waals surface area contributed by atoms with Crippen molar-refractivity contribution >= 4 is 5.97 Å². The smallest absolute Gasteiger partial charge is 0.312 e. The van der Waals surface area contributed by atoms with Crippen LogP contribution in [0.4, 0.5) is 0 Å². The number of esters is 1. The van der Waals surface area contributed by atoms with Crippen LogP contribution in [0.5, 0.6) is 0 Å². The van der Waals surface area contributed by atoms with Gasteiger partial charge in [0.25, 0.3) is 0 Å². The van der Waals surface area contributed by atoms with Crippen molar-refractivity contribution in [2.45, 2.75) is 58.2 Å². The van der Waals surface area contributed by atoms with E-state index >= 15 is 0 Å². The van der Waals surface area contributed by atoms with Crippen molar-refractivity contribution in [2.24, 2.45) is 11.8 Å². The van der Waals surface area contributed by atoms with Crippen LogP contribution in [0, 0.1) is 11.8 Å². The van der Waals surface area contributed by atoms with E-state index in [1.807, 2.05) is 13.8 Å². The molecule has 0 aromatic heterocycles. The molecule has 0 aliphatic heterocycles. The van der Waals surface area contributed by atoms with Crippen LogP contribution in [-0.4, -0.2) is 36.5 Å². The third-order valence-corrected chi connectivity index (χ3v) is 3.84. The maximum Gasteiger partial charge on any atom is 0.312 e. The van der Waals surface area contributed by atoms with Crippen molar-refractivity contribution in [3.63, 3.8) is 0 Å². The maximum absolute atomic E-state index is 12.1. The third kappa shape index (κ3) is 3.45. The Morgan fingerprint density at radius 2 is 2.17 bits per heavy atom. The number of hydrogen-bond acceptors (Lipinski definition) is 4. The van der Waals surface area contributed by atoms with Crippen molar-refractivity contribution in [1.82, 2.24) is 0 Å². The van der Waals surface area contributed by atoms with E-state index in [4.69, 9.17) is 9.47 Å². The largest absolute Gasteiger partial charge is 0.466 e. The molecule has 4 heteroatoms. The van der Waals surface area contributed by atoms with Gasteiger partial charge < -0.3 is 14.6 Å². The van der Waals surface area contributed by atoms with Gasteiger partial charge in [-0.15, -0.1) is 0 Å². The lowest BCUT2D eigenvalue weighted by Gasteiger charge is -2.42. The van der Waals surface area contributed by atoms with E-state index in [9.17, 15) is 9.90 Å². The van der Waals surface area contributed by atoms with Gasteiger partial charge in [0, 0.05) is 13.5 Å². The summed E-state index contributed by atoms with van der Waals surface area (Å²) < 4.78 is 10.5. The minimum absolute atomic E-state index is 0.0411. The van der Waals surface area contributed by atoms with E-state index in [0.717, 1.165) is 12.8 Å². The van der Waals surface area contributed by atoms with Crippen LogP contribution >= 0.6 is 0 Å². The van der Waals surface area contributed by atoms with Crippen LogP contribution in [0.15, 0.2) is 0 Å². The first kappa shape index (κ1) is 15.4. The zero-order valence-corrected chi connectivity index (χ0v) is 11.9. The first-order chi connectivity index (χ1) is 8.44. The summed E-state index contributed by atoms with van der Waals surface area (Å²) in [6, 6.07) is 0. The zero-order valence-electron chi connectivity index (χ0n) is 11.9. The summed E-state index contributed by atoms with van der Waals surface area (Å²) in [5, 5.41) is 10.8. The Labute approximate surface area is 110 Å². The highest BCUT2D eigenvalue weighted by Crippen LogP contribution is 2.39. The first-order valence-corrected chi connectivity index (χ1v) is 6.86. The minimum Gasteiger partial charge on any atom is -0.466 e. The summed E-state index contributed by atoms with van der Waals surface area (Å²) in [5.41, 5.74) is -0.987. The summed E-state index contributed by atoms with van der Waals surface area (Å²) in [5.74, 6) is -0.688. The number of rotatable bonds is 5. The molecule has 4 nitrogen and oxygen atoms in total. The standard InChI is InChI=1S/C14H26O4/c1-5-18-13(15)12(10(2)3)14(16)8-6-7-11(9-14)17-4/h10-12,16H,5-9H2,1-4H3. The van der Waals surface area contributed by atoms with Crippen LogP contribution < -0.4 is 0 Å². The second-order valence-corrected chi connectivity index (χ2v) is 5.53. The highest BCUT2D eigenvalue weighted by molar-refractivity contribution is 5.74. The van der Waals surface area contributed by atoms with E-state index < -0.39 is 11.5 Å². The lowest BCUT2D eigenvalue weighted by Crippen LogP contribution is -2.50. The lowest BCUT2D eigenvalue weighted by atomic mass is 9.70. The fourth-order valence-electron chi connectivity index (χ4n) is 3.06. The summed E-state index contributed by atoms with van der Waals surface area (Å²) in [7, 11) is 1.66. The third-order valence-electron chi connectivity index (χ3n) is 3.84. The van der Waals surface area contributed by atoms with Gasteiger partial charge in [0.15, 0.2) is 0 Å². The first-order valence-electron chi connectivity index (χ1n) is 6.86. The molecule has 0 bridgehead atoms. The average molecular weight is 258 g/mol. The summed E-state index contributed by atoms with van der Waals surface area (Å²) >= 11 is 0. The number of carbonyl (C=O) groups is 1. The van der Waals surface area contributed by atoms with Crippen LogP contribution in [0.2, 0.25) is 0 Å². The van der Waals surface area contributed by atoms with E-state index in [0.29, 0.717) is 19.4 Å².